The number of amides is 1. The van der Waals surface area contributed by atoms with Gasteiger partial charge in [-0.05, 0) is 57.9 Å². The van der Waals surface area contributed by atoms with E-state index in [1.165, 1.54) is 6.21 Å². The molecule has 0 saturated heterocycles. The van der Waals surface area contributed by atoms with Crippen LogP contribution >= 0.6 is 0 Å². The van der Waals surface area contributed by atoms with E-state index in [4.69, 9.17) is 10.5 Å². The lowest BCUT2D eigenvalue weighted by molar-refractivity contribution is -0.186. The van der Waals surface area contributed by atoms with Gasteiger partial charge in [-0.25, -0.2) is 4.79 Å². The number of nitrogens with one attached hydrogen (secondary N) is 1. The number of nitrogens with two attached hydrogens (primary N) is 1. The highest BCUT2D eigenvalue weighted by Gasteiger charge is 2.46. The van der Waals surface area contributed by atoms with E-state index in [9.17, 15) is 18.0 Å². The van der Waals surface area contributed by atoms with Gasteiger partial charge in [0.1, 0.15) is 5.60 Å². The Balaban J connectivity index is 2.14. The molecular weight excluding hydrogens is 335 g/mol. The number of allylic oxidation sites excluding steroid dienone is 1. The summed E-state index contributed by atoms with van der Waals surface area (Å²) in [6.45, 7) is 5.66. The molecule has 5 nitrogen and oxygen atoms in total. The van der Waals surface area contributed by atoms with E-state index in [1.807, 2.05) is 0 Å². The van der Waals surface area contributed by atoms with Crippen LogP contribution in [-0.2, 0) is 4.74 Å². The highest BCUT2D eigenvalue weighted by Crippen LogP contribution is 2.43. The molecule has 3 N–H and O–H groups in total. The van der Waals surface area contributed by atoms with Gasteiger partial charge in [-0.15, -0.1) is 0 Å². The number of carbonyl (C=O) groups excluding carboxylic acids is 1. The van der Waals surface area contributed by atoms with Gasteiger partial charge in [0.15, 0.2) is 0 Å². The Morgan fingerprint density at radius 1 is 1.28 bits per heavy atom. The number of carbonyl (C=O) groups is 1. The van der Waals surface area contributed by atoms with Gasteiger partial charge in [-0.1, -0.05) is 0 Å². The molecule has 142 valence electrons. The van der Waals surface area contributed by atoms with Crippen molar-refractivity contribution in [3.05, 3.63) is 11.3 Å². The summed E-state index contributed by atoms with van der Waals surface area (Å²) in [6, 6.07) is -0.598. The summed E-state index contributed by atoms with van der Waals surface area (Å²) in [5, 5.41) is 2.60. The van der Waals surface area contributed by atoms with Gasteiger partial charge in [0, 0.05) is 24.5 Å². The Kier molecular flexibility index (Phi) is 5.68. The first-order chi connectivity index (χ1) is 11.5. The molecule has 2 aliphatic rings. The van der Waals surface area contributed by atoms with Gasteiger partial charge < -0.3 is 15.8 Å². The number of alkyl carbamates (subject to hydrolysis) is 1. The van der Waals surface area contributed by atoms with Crippen LogP contribution < -0.4 is 11.1 Å². The Hall–Kier alpha value is -1.73. The molecular formula is C17H26F3N3O2. The van der Waals surface area contributed by atoms with Crippen LogP contribution in [0.5, 0.6) is 0 Å². The minimum absolute atomic E-state index is 0.000127. The maximum atomic E-state index is 13.3. The number of rotatable bonds is 2. The van der Waals surface area contributed by atoms with Gasteiger partial charge in [0.2, 0.25) is 0 Å². The normalized spacial score (nSPS) is 28.0. The lowest BCUT2D eigenvalue weighted by Gasteiger charge is -2.38. The fraction of sp³-hybridized carbons (Fsp3) is 0.765. The molecule has 0 aromatic rings. The van der Waals surface area contributed by atoms with Crippen LogP contribution in [0, 0.1) is 11.8 Å². The SMILES string of the molecule is CC(C)(C)OC(=O)N[C@@H]1CC(C2=C(N)C=NCC2)C[C@H](C(F)(F)F)C1. The molecule has 8 heteroatoms. The lowest BCUT2D eigenvalue weighted by Crippen LogP contribution is -2.46. The molecule has 1 heterocycles. The summed E-state index contributed by atoms with van der Waals surface area (Å²) in [5.41, 5.74) is 6.50. The zero-order chi connectivity index (χ0) is 18.8. The molecule has 1 unspecified atom stereocenters. The predicted octanol–water partition coefficient (Wildman–Crippen LogP) is 3.55. The van der Waals surface area contributed by atoms with E-state index >= 15 is 0 Å². The summed E-state index contributed by atoms with van der Waals surface area (Å²) in [4.78, 5) is 16.0. The summed E-state index contributed by atoms with van der Waals surface area (Å²) >= 11 is 0. The second-order valence-electron chi connectivity index (χ2n) is 7.75. The molecule has 0 aromatic carbocycles. The Bertz CT molecular complexity index is 564. The maximum Gasteiger partial charge on any atom is 0.407 e. The number of alkyl halides is 3. The van der Waals surface area contributed by atoms with Crippen molar-refractivity contribution in [1.82, 2.24) is 5.32 Å². The van der Waals surface area contributed by atoms with Crippen LogP contribution in [0.2, 0.25) is 0 Å². The van der Waals surface area contributed by atoms with Gasteiger partial charge in [-0.3, -0.25) is 4.99 Å². The van der Waals surface area contributed by atoms with Crippen molar-refractivity contribution < 1.29 is 22.7 Å². The molecule has 2 rings (SSSR count). The first kappa shape index (κ1) is 19.6. The third-order valence-corrected chi connectivity index (χ3v) is 4.50. The summed E-state index contributed by atoms with van der Waals surface area (Å²) in [7, 11) is 0. The number of aliphatic imine (C=N–C) groups is 1. The van der Waals surface area contributed by atoms with E-state index < -0.39 is 29.8 Å². The van der Waals surface area contributed by atoms with Gasteiger partial charge in [-0.2, -0.15) is 13.2 Å². The second-order valence-corrected chi connectivity index (χ2v) is 7.75. The molecule has 1 aliphatic heterocycles. The molecule has 1 fully saturated rings. The fourth-order valence-electron chi connectivity index (χ4n) is 3.48. The number of hydrogen-bond acceptors (Lipinski definition) is 4. The number of ether oxygens (including phenoxy) is 1. The first-order valence-corrected chi connectivity index (χ1v) is 8.50. The molecule has 0 radical (unpaired) electrons. The number of halogens is 3. The highest BCUT2D eigenvalue weighted by atomic mass is 19.4. The molecule has 0 aromatic heterocycles. The van der Waals surface area contributed by atoms with Crippen LogP contribution in [0.3, 0.4) is 0 Å². The van der Waals surface area contributed by atoms with Crippen LogP contribution in [-0.4, -0.2) is 36.7 Å². The van der Waals surface area contributed by atoms with Gasteiger partial charge >= 0.3 is 12.3 Å². The van der Waals surface area contributed by atoms with Crippen LogP contribution in [0.25, 0.3) is 0 Å². The second kappa shape index (κ2) is 7.25. The van der Waals surface area contributed by atoms with Crippen molar-refractivity contribution >= 4 is 12.3 Å². The molecule has 0 spiro atoms. The molecule has 0 bridgehead atoms. The molecule has 1 aliphatic carbocycles. The van der Waals surface area contributed by atoms with Crippen molar-refractivity contribution in [1.29, 1.82) is 0 Å². The zero-order valence-corrected chi connectivity index (χ0v) is 14.8. The Morgan fingerprint density at radius 2 is 1.96 bits per heavy atom. The molecule has 1 amide bonds. The third kappa shape index (κ3) is 5.64. The van der Waals surface area contributed by atoms with Gasteiger partial charge in [0.25, 0.3) is 0 Å². The molecule has 1 saturated carbocycles. The van der Waals surface area contributed by atoms with Crippen molar-refractivity contribution in [2.24, 2.45) is 22.6 Å². The topological polar surface area (TPSA) is 76.7 Å². The summed E-state index contributed by atoms with van der Waals surface area (Å²) in [6.07, 6.45) is -2.62. The minimum Gasteiger partial charge on any atom is -0.444 e. The monoisotopic (exact) mass is 361 g/mol. The minimum atomic E-state index is -4.30. The predicted molar refractivity (Wildman–Crippen MR) is 89.2 cm³/mol. The maximum absolute atomic E-state index is 13.3. The van der Waals surface area contributed by atoms with E-state index in [0.29, 0.717) is 25.1 Å². The van der Waals surface area contributed by atoms with Crippen molar-refractivity contribution in [3.8, 4) is 0 Å². The molecule has 25 heavy (non-hydrogen) atoms. The summed E-state index contributed by atoms with van der Waals surface area (Å²) in [5.74, 6) is -1.78. The average molecular weight is 361 g/mol. The lowest BCUT2D eigenvalue weighted by atomic mass is 9.73. The van der Waals surface area contributed by atoms with E-state index in [1.54, 1.807) is 20.8 Å². The number of nitrogens with zero attached hydrogens (tertiary/aromatic N) is 1. The van der Waals surface area contributed by atoms with Crippen LogP contribution in [0.4, 0.5) is 18.0 Å². The van der Waals surface area contributed by atoms with Crippen LogP contribution in [0.15, 0.2) is 16.3 Å². The summed E-state index contributed by atoms with van der Waals surface area (Å²) < 4.78 is 45.2. The van der Waals surface area contributed by atoms with Gasteiger partial charge in [0.05, 0.1) is 5.92 Å². The van der Waals surface area contributed by atoms with E-state index in [0.717, 1.165) is 5.57 Å². The number of dihydropyridines is 1. The highest BCUT2D eigenvalue weighted by molar-refractivity contribution is 5.79. The zero-order valence-electron chi connectivity index (χ0n) is 14.8. The quantitative estimate of drug-likeness (QED) is 0.790. The first-order valence-electron chi connectivity index (χ1n) is 8.50. The van der Waals surface area contributed by atoms with Crippen molar-refractivity contribution in [3.63, 3.8) is 0 Å². The number of hydrogen-bond donors (Lipinski definition) is 2. The van der Waals surface area contributed by atoms with Crippen molar-refractivity contribution in [2.45, 2.75) is 64.3 Å². The standard InChI is InChI=1S/C17H26F3N3O2/c1-16(2,3)25-15(24)23-12-7-10(6-11(8-12)17(18,19)20)13-4-5-22-9-14(13)21/h9-12H,4-8,21H2,1-3H3,(H,23,24)/t10?,11-,12+/m0/s1. The Morgan fingerprint density at radius 3 is 2.52 bits per heavy atom. The molecule has 3 atom stereocenters. The smallest absolute Gasteiger partial charge is 0.407 e. The fourth-order valence-corrected chi connectivity index (χ4v) is 3.48. The van der Waals surface area contributed by atoms with Crippen molar-refractivity contribution in [2.75, 3.05) is 6.54 Å². The third-order valence-electron chi connectivity index (χ3n) is 4.50. The largest absolute Gasteiger partial charge is 0.444 e. The van der Waals surface area contributed by atoms with E-state index in [2.05, 4.69) is 10.3 Å². The van der Waals surface area contributed by atoms with Crippen LogP contribution in [0.1, 0.15) is 46.5 Å². The average Bonchev–Trinajstić information content (AvgIpc) is 2.44. The Labute approximate surface area is 145 Å². The van der Waals surface area contributed by atoms with E-state index in [-0.39, 0.29) is 18.8 Å².